The molecule has 5 nitrogen and oxygen atoms in total. The van der Waals surface area contributed by atoms with Crippen LogP contribution in [0.3, 0.4) is 0 Å². The lowest BCUT2D eigenvalue weighted by atomic mass is 10.3. The zero-order chi connectivity index (χ0) is 14.4. The van der Waals surface area contributed by atoms with E-state index in [1.165, 1.54) is 0 Å². The van der Waals surface area contributed by atoms with Gasteiger partial charge in [0.2, 0.25) is 0 Å². The maximum absolute atomic E-state index is 11.9. The van der Waals surface area contributed by atoms with E-state index >= 15 is 0 Å². The predicted molar refractivity (Wildman–Crippen MR) is 75.7 cm³/mol. The molecule has 1 aromatic heterocycles. The number of carbonyl (C=O) groups is 1. The number of aromatic nitrogens is 1. The van der Waals surface area contributed by atoms with Crippen LogP contribution in [0.4, 0.5) is 0 Å². The molecule has 0 aliphatic heterocycles. The van der Waals surface area contributed by atoms with Crippen LogP contribution < -0.4 is 14.8 Å². The van der Waals surface area contributed by atoms with Gasteiger partial charge in [-0.15, -0.1) is 0 Å². The zero-order valence-electron chi connectivity index (χ0n) is 11.6. The maximum atomic E-state index is 11.9. The predicted octanol–water partition coefficient (Wildman–Crippen LogP) is 2.11. The first-order valence-electron chi connectivity index (χ1n) is 6.39. The molecule has 1 unspecified atom stereocenters. The van der Waals surface area contributed by atoms with Gasteiger partial charge in [-0.05, 0) is 42.8 Å². The molecular formula is C15H18N2O3. The summed E-state index contributed by atoms with van der Waals surface area (Å²) in [5.41, 5.74) is 1.02. The van der Waals surface area contributed by atoms with Crippen molar-refractivity contribution in [2.45, 2.75) is 19.6 Å². The van der Waals surface area contributed by atoms with Crippen molar-refractivity contribution in [2.24, 2.45) is 0 Å². The molecule has 20 heavy (non-hydrogen) atoms. The molecule has 0 aliphatic carbocycles. The maximum Gasteiger partial charge on any atom is 0.261 e. The first-order chi connectivity index (χ1) is 9.69. The standard InChI is InChI=1S/C15H18N2O3/c1-11(15(18)17-10-12-7-8-16-9-12)20-14-5-3-13(19-2)4-6-14/h3-9,11,16H,10H2,1-2H3,(H,17,18). The summed E-state index contributed by atoms with van der Waals surface area (Å²) in [6.07, 6.45) is 3.11. The second-order valence-corrected chi connectivity index (χ2v) is 4.37. The highest BCUT2D eigenvalue weighted by Gasteiger charge is 2.14. The molecule has 0 aliphatic rings. The monoisotopic (exact) mass is 274 g/mol. The van der Waals surface area contributed by atoms with Gasteiger partial charge in [0, 0.05) is 18.9 Å². The van der Waals surface area contributed by atoms with Gasteiger partial charge in [0.15, 0.2) is 6.10 Å². The molecule has 1 amide bonds. The summed E-state index contributed by atoms with van der Waals surface area (Å²) in [6, 6.07) is 9.04. The van der Waals surface area contributed by atoms with Crippen molar-refractivity contribution in [3.63, 3.8) is 0 Å². The van der Waals surface area contributed by atoms with Crippen molar-refractivity contribution in [3.8, 4) is 11.5 Å². The van der Waals surface area contributed by atoms with Crippen LogP contribution in [-0.2, 0) is 11.3 Å². The van der Waals surface area contributed by atoms with Gasteiger partial charge in [0.25, 0.3) is 5.91 Å². The van der Waals surface area contributed by atoms with E-state index in [0.717, 1.165) is 11.3 Å². The molecule has 1 aromatic carbocycles. The summed E-state index contributed by atoms with van der Waals surface area (Å²) in [6.45, 7) is 2.20. The van der Waals surface area contributed by atoms with Crippen molar-refractivity contribution in [1.82, 2.24) is 10.3 Å². The molecule has 0 bridgehead atoms. The Balaban J connectivity index is 1.83. The minimum atomic E-state index is -0.553. The molecular weight excluding hydrogens is 256 g/mol. The quantitative estimate of drug-likeness (QED) is 0.848. The molecule has 0 radical (unpaired) electrons. The van der Waals surface area contributed by atoms with Gasteiger partial charge in [-0.1, -0.05) is 0 Å². The summed E-state index contributed by atoms with van der Waals surface area (Å²) in [7, 11) is 1.60. The van der Waals surface area contributed by atoms with Gasteiger partial charge in [0.1, 0.15) is 11.5 Å². The van der Waals surface area contributed by atoms with Crippen LogP contribution in [0.2, 0.25) is 0 Å². The van der Waals surface area contributed by atoms with Crippen LogP contribution in [0.25, 0.3) is 0 Å². The first kappa shape index (κ1) is 14.0. The van der Waals surface area contributed by atoms with E-state index in [9.17, 15) is 4.79 Å². The van der Waals surface area contributed by atoms with Gasteiger partial charge in [-0.3, -0.25) is 4.79 Å². The van der Waals surface area contributed by atoms with Crippen molar-refractivity contribution in [2.75, 3.05) is 7.11 Å². The Labute approximate surface area is 117 Å². The number of hydrogen-bond acceptors (Lipinski definition) is 3. The number of methoxy groups -OCH3 is 1. The minimum absolute atomic E-state index is 0.151. The van der Waals surface area contributed by atoms with Gasteiger partial charge in [-0.25, -0.2) is 0 Å². The van der Waals surface area contributed by atoms with Crippen LogP contribution in [0.15, 0.2) is 42.7 Å². The summed E-state index contributed by atoms with van der Waals surface area (Å²) in [4.78, 5) is 14.8. The van der Waals surface area contributed by atoms with Gasteiger partial charge < -0.3 is 19.8 Å². The third kappa shape index (κ3) is 3.78. The lowest BCUT2D eigenvalue weighted by Gasteiger charge is -2.14. The lowest BCUT2D eigenvalue weighted by molar-refractivity contribution is -0.127. The number of aromatic amines is 1. The van der Waals surface area contributed by atoms with Crippen molar-refractivity contribution < 1.29 is 14.3 Å². The topological polar surface area (TPSA) is 63.4 Å². The SMILES string of the molecule is COc1ccc(OC(C)C(=O)NCc2cc[nH]c2)cc1. The summed E-state index contributed by atoms with van der Waals surface area (Å²) in [5, 5.41) is 2.82. The van der Waals surface area contributed by atoms with E-state index < -0.39 is 6.10 Å². The Morgan fingerprint density at radius 1 is 1.25 bits per heavy atom. The highest BCUT2D eigenvalue weighted by Crippen LogP contribution is 2.18. The van der Waals surface area contributed by atoms with E-state index in [1.54, 1.807) is 38.3 Å². The van der Waals surface area contributed by atoms with Crippen LogP contribution in [0, 0.1) is 0 Å². The Morgan fingerprint density at radius 2 is 1.95 bits per heavy atom. The van der Waals surface area contributed by atoms with Crippen LogP contribution in [0.5, 0.6) is 11.5 Å². The Kier molecular flexibility index (Phi) is 4.65. The zero-order valence-corrected chi connectivity index (χ0v) is 11.6. The number of hydrogen-bond donors (Lipinski definition) is 2. The normalized spacial score (nSPS) is 11.7. The van der Waals surface area contributed by atoms with E-state index in [4.69, 9.17) is 9.47 Å². The fourth-order valence-electron chi connectivity index (χ4n) is 1.71. The second kappa shape index (κ2) is 6.65. The number of rotatable bonds is 6. The molecule has 0 saturated carbocycles. The van der Waals surface area contributed by atoms with E-state index in [-0.39, 0.29) is 5.91 Å². The van der Waals surface area contributed by atoms with E-state index in [0.29, 0.717) is 12.3 Å². The largest absolute Gasteiger partial charge is 0.497 e. The minimum Gasteiger partial charge on any atom is -0.497 e. The fourth-order valence-corrected chi connectivity index (χ4v) is 1.71. The Bertz CT molecular complexity index is 535. The highest BCUT2D eigenvalue weighted by atomic mass is 16.5. The summed E-state index contributed by atoms with van der Waals surface area (Å²) in [5.74, 6) is 1.24. The lowest BCUT2D eigenvalue weighted by Crippen LogP contribution is -2.35. The van der Waals surface area contributed by atoms with Crippen LogP contribution >= 0.6 is 0 Å². The highest BCUT2D eigenvalue weighted by molar-refractivity contribution is 5.80. The molecule has 0 saturated heterocycles. The molecule has 2 N–H and O–H groups in total. The molecule has 2 rings (SSSR count). The fraction of sp³-hybridized carbons (Fsp3) is 0.267. The van der Waals surface area contributed by atoms with Crippen LogP contribution in [0.1, 0.15) is 12.5 Å². The number of benzene rings is 1. The molecule has 0 spiro atoms. The number of carbonyl (C=O) groups excluding carboxylic acids is 1. The second-order valence-electron chi connectivity index (χ2n) is 4.37. The molecule has 2 aromatic rings. The van der Waals surface area contributed by atoms with Crippen molar-refractivity contribution >= 4 is 5.91 Å². The first-order valence-corrected chi connectivity index (χ1v) is 6.39. The number of amides is 1. The summed E-state index contributed by atoms with van der Waals surface area (Å²) < 4.78 is 10.6. The molecule has 1 heterocycles. The third-order valence-electron chi connectivity index (χ3n) is 2.87. The number of H-pyrrole nitrogens is 1. The van der Waals surface area contributed by atoms with E-state index in [1.807, 2.05) is 18.5 Å². The molecule has 1 atom stereocenters. The van der Waals surface area contributed by atoms with Crippen LogP contribution in [-0.4, -0.2) is 24.1 Å². The molecule has 5 heteroatoms. The Hall–Kier alpha value is -2.43. The Morgan fingerprint density at radius 3 is 2.55 bits per heavy atom. The average Bonchev–Trinajstić information content (AvgIpc) is 2.98. The number of nitrogens with one attached hydrogen (secondary N) is 2. The van der Waals surface area contributed by atoms with Gasteiger partial charge in [-0.2, -0.15) is 0 Å². The molecule has 106 valence electrons. The smallest absolute Gasteiger partial charge is 0.261 e. The van der Waals surface area contributed by atoms with Crippen molar-refractivity contribution in [3.05, 3.63) is 48.3 Å². The number of ether oxygens (including phenoxy) is 2. The van der Waals surface area contributed by atoms with Crippen molar-refractivity contribution in [1.29, 1.82) is 0 Å². The average molecular weight is 274 g/mol. The molecule has 0 fully saturated rings. The summed E-state index contributed by atoms with van der Waals surface area (Å²) >= 11 is 0. The van der Waals surface area contributed by atoms with E-state index in [2.05, 4.69) is 10.3 Å². The van der Waals surface area contributed by atoms with Gasteiger partial charge in [0.05, 0.1) is 7.11 Å². The third-order valence-corrected chi connectivity index (χ3v) is 2.87. The van der Waals surface area contributed by atoms with Gasteiger partial charge >= 0.3 is 0 Å².